The molecule has 3 aromatic carbocycles. The van der Waals surface area contributed by atoms with E-state index < -0.39 is 0 Å². The van der Waals surface area contributed by atoms with Gasteiger partial charge in [-0.3, -0.25) is 0 Å². The third-order valence-electron chi connectivity index (χ3n) is 5.93. The zero-order valence-electron chi connectivity index (χ0n) is 18.8. The lowest BCUT2D eigenvalue weighted by molar-refractivity contribution is 0.886. The lowest BCUT2D eigenvalue weighted by atomic mass is 9.97. The van der Waals surface area contributed by atoms with Gasteiger partial charge in [-0.15, -0.1) is 0 Å². The van der Waals surface area contributed by atoms with Gasteiger partial charge in [-0.05, 0) is 44.0 Å². The topological polar surface area (TPSA) is 30.7 Å². The molecular weight excluding hydrogens is 390 g/mol. The minimum absolute atomic E-state index is 0.836. The quantitative estimate of drug-likeness (QED) is 0.297. The van der Waals surface area contributed by atoms with Gasteiger partial charge in [0.05, 0.1) is 22.4 Å². The summed E-state index contributed by atoms with van der Waals surface area (Å²) in [5.74, 6) is 0.836. The Hall–Kier alpha value is -3.72. The van der Waals surface area contributed by atoms with Crippen molar-refractivity contribution in [2.75, 3.05) is 0 Å². The van der Waals surface area contributed by atoms with Crippen LogP contribution in [0.2, 0.25) is 0 Å². The van der Waals surface area contributed by atoms with Crippen molar-refractivity contribution >= 4 is 27.9 Å². The molecule has 2 aromatic heterocycles. The summed E-state index contributed by atoms with van der Waals surface area (Å²) in [4.78, 5) is 9.54. The molecule has 3 heteroatoms. The normalized spacial score (nSPS) is 12.5. The molecular formula is C29H27N3. The van der Waals surface area contributed by atoms with Gasteiger partial charge in [0, 0.05) is 27.6 Å². The van der Waals surface area contributed by atoms with Crippen molar-refractivity contribution in [3.63, 3.8) is 0 Å². The molecule has 5 aromatic rings. The molecule has 0 fully saturated rings. The Morgan fingerprint density at radius 2 is 1.53 bits per heavy atom. The predicted octanol–water partition coefficient (Wildman–Crippen LogP) is 7.53. The van der Waals surface area contributed by atoms with E-state index >= 15 is 0 Å². The number of hydrogen-bond acceptors (Lipinski definition) is 2. The Labute approximate surface area is 189 Å². The van der Waals surface area contributed by atoms with Crippen LogP contribution in [0.4, 0.5) is 0 Å². The van der Waals surface area contributed by atoms with Crippen molar-refractivity contribution in [2.45, 2.75) is 33.6 Å². The maximum atomic E-state index is 4.85. The van der Waals surface area contributed by atoms with E-state index in [2.05, 4.69) is 89.5 Å². The molecule has 0 unspecified atom stereocenters. The number of para-hydroxylation sites is 2. The number of nitrogens with zero attached hydrogens (tertiary/aromatic N) is 3. The largest absolute Gasteiger partial charge is 0.309 e. The molecule has 1 aliphatic rings. The van der Waals surface area contributed by atoms with Gasteiger partial charge in [0.1, 0.15) is 5.82 Å². The van der Waals surface area contributed by atoms with E-state index in [1.54, 1.807) is 0 Å². The molecule has 1 aliphatic carbocycles. The fraction of sp³-hybridized carbons (Fsp3) is 0.172. The van der Waals surface area contributed by atoms with Gasteiger partial charge in [-0.25, -0.2) is 9.97 Å². The molecule has 0 amide bonds. The average Bonchev–Trinajstić information content (AvgIpc) is 3.19. The SMILES string of the molecule is CC.Cc1nc2c(c(-c3ccc4c5ccccc5n(-c5ccccc5)c4c3)n1)C=CCC2. The fourth-order valence-electron chi connectivity index (χ4n) is 4.62. The molecule has 158 valence electrons. The Balaban J connectivity index is 0.00000105. The zero-order valence-corrected chi connectivity index (χ0v) is 18.8. The van der Waals surface area contributed by atoms with Crippen molar-refractivity contribution in [3.05, 3.63) is 96.0 Å². The molecule has 0 aliphatic heterocycles. The van der Waals surface area contributed by atoms with Gasteiger partial charge < -0.3 is 4.57 Å². The molecule has 0 bridgehead atoms. The average molecular weight is 418 g/mol. The number of aromatic nitrogens is 3. The number of fused-ring (bicyclic) bond motifs is 4. The third-order valence-corrected chi connectivity index (χ3v) is 5.93. The van der Waals surface area contributed by atoms with Gasteiger partial charge in [-0.1, -0.05) is 74.5 Å². The summed E-state index contributed by atoms with van der Waals surface area (Å²) in [5, 5.41) is 2.53. The highest BCUT2D eigenvalue weighted by molar-refractivity contribution is 6.10. The van der Waals surface area contributed by atoms with Crippen molar-refractivity contribution in [1.29, 1.82) is 0 Å². The van der Waals surface area contributed by atoms with Crippen molar-refractivity contribution in [1.82, 2.24) is 14.5 Å². The van der Waals surface area contributed by atoms with E-state index in [4.69, 9.17) is 9.97 Å². The first-order valence-corrected chi connectivity index (χ1v) is 11.4. The summed E-state index contributed by atoms with van der Waals surface area (Å²) < 4.78 is 2.35. The van der Waals surface area contributed by atoms with E-state index in [1.807, 2.05) is 20.8 Å². The highest BCUT2D eigenvalue weighted by Gasteiger charge is 2.17. The molecule has 0 spiro atoms. The summed E-state index contributed by atoms with van der Waals surface area (Å²) in [6.45, 7) is 5.99. The molecule has 3 nitrogen and oxygen atoms in total. The van der Waals surface area contributed by atoms with Crippen LogP contribution in [0.5, 0.6) is 0 Å². The van der Waals surface area contributed by atoms with Crippen molar-refractivity contribution in [3.8, 4) is 16.9 Å². The van der Waals surface area contributed by atoms with Crippen LogP contribution in [-0.4, -0.2) is 14.5 Å². The summed E-state index contributed by atoms with van der Waals surface area (Å²) in [7, 11) is 0. The van der Waals surface area contributed by atoms with E-state index in [0.29, 0.717) is 0 Å². The zero-order chi connectivity index (χ0) is 22.1. The standard InChI is InChI=1S/C27H21N3.C2H6/c1-18-28-24-13-7-5-12-23(24)27(29-18)19-15-16-22-21-11-6-8-14-25(21)30(26(22)17-19)20-9-3-2-4-10-20;1-2/h2-6,8-12,14-17H,7,13H2,1H3;1-2H3. The van der Waals surface area contributed by atoms with Crippen LogP contribution < -0.4 is 0 Å². The number of aryl methyl sites for hydroxylation is 2. The molecule has 0 saturated carbocycles. The number of allylic oxidation sites excluding steroid dienone is 1. The van der Waals surface area contributed by atoms with Crippen LogP contribution >= 0.6 is 0 Å². The lowest BCUT2D eigenvalue weighted by Gasteiger charge is -2.15. The van der Waals surface area contributed by atoms with Gasteiger partial charge in [0.25, 0.3) is 0 Å². The molecule has 0 saturated heterocycles. The second kappa shape index (κ2) is 8.43. The Kier molecular flexibility index (Phi) is 5.32. The minimum Gasteiger partial charge on any atom is -0.309 e. The second-order valence-corrected chi connectivity index (χ2v) is 7.84. The summed E-state index contributed by atoms with van der Waals surface area (Å²) in [6.07, 6.45) is 6.44. The molecule has 2 heterocycles. The van der Waals surface area contributed by atoms with Gasteiger partial charge >= 0.3 is 0 Å². The maximum Gasteiger partial charge on any atom is 0.126 e. The van der Waals surface area contributed by atoms with Crippen LogP contribution in [0.25, 0.3) is 44.8 Å². The summed E-state index contributed by atoms with van der Waals surface area (Å²) >= 11 is 0. The summed E-state index contributed by atoms with van der Waals surface area (Å²) in [5.41, 5.74) is 8.07. The maximum absolute atomic E-state index is 4.85. The number of benzene rings is 3. The van der Waals surface area contributed by atoms with Crippen LogP contribution in [-0.2, 0) is 6.42 Å². The van der Waals surface area contributed by atoms with Crippen LogP contribution in [0, 0.1) is 6.92 Å². The molecule has 0 N–H and O–H groups in total. The Morgan fingerprint density at radius 1 is 0.781 bits per heavy atom. The first-order valence-electron chi connectivity index (χ1n) is 11.4. The monoisotopic (exact) mass is 417 g/mol. The lowest BCUT2D eigenvalue weighted by Crippen LogP contribution is -2.05. The molecule has 0 atom stereocenters. The van der Waals surface area contributed by atoms with Crippen LogP contribution in [0.3, 0.4) is 0 Å². The first kappa shape index (κ1) is 20.2. The van der Waals surface area contributed by atoms with Gasteiger partial charge in [0.2, 0.25) is 0 Å². The molecule has 32 heavy (non-hydrogen) atoms. The van der Waals surface area contributed by atoms with Crippen LogP contribution in [0.15, 0.2) is 78.9 Å². The van der Waals surface area contributed by atoms with E-state index in [-0.39, 0.29) is 0 Å². The third kappa shape index (κ3) is 3.31. The smallest absolute Gasteiger partial charge is 0.126 e. The van der Waals surface area contributed by atoms with Crippen molar-refractivity contribution in [2.24, 2.45) is 0 Å². The highest BCUT2D eigenvalue weighted by atomic mass is 15.0. The van der Waals surface area contributed by atoms with Gasteiger partial charge in [0.15, 0.2) is 0 Å². The van der Waals surface area contributed by atoms with Crippen LogP contribution in [0.1, 0.15) is 37.4 Å². The highest BCUT2D eigenvalue weighted by Crippen LogP contribution is 2.36. The number of hydrogen-bond donors (Lipinski definition) is 0. The molecule has 0 radical (unpaired) electrons. The molecule has 6 rings (SSSR count). The number of rotatable bonds is 2. The fourth-order valence-corrected chi connectivity index (χ4v) is 4.62. The van der Waals surface area contributed by atoms with E-state index in [0.717, 1.165) is 41.2 Å². The van der Waals surface area contributed by atoms with Gasteiger partial charge in [-0.2, -0.15) is 0 Å². The van der Waals surface area contributed by atoms with E-state index in [9.17, 15) is 0 Å². The van der Waals surface area contributed by atoms with E-state index in [1.165, 1.54) is 27.5 Å². The Bertz CT molecular complexity index is 1440. The van der Waals surface area contributed by atoms with Crippen molar-refractivity contribution < 1.29 is 0 Å². The predicted molar refractivity (Wildman–Crippen MR) is 135 cm³/mol. The minimum atomic E-state index is 0.836. The Morgan fingerprint density at radius 3 is 2.38 bits per heavy atom. The summed E-state index contributed by atoms with van der Waals surface area (Å²) in [6, 6.07) is 25.9. The first-order chi connectivity index (χ1) is 15.8. The second-order valence-electron chi connectivity index (χ2n) is 7.84.